The smallest absolute Gasteiger partial charge is 0.233 e. The van der Waals surface area contributed by atoms with Crippen molar-refractivity contribution in [2.75, 3.05) is 25.5 Å². The molecule has 6 nitrogen and oxygen atoms in total. The Balaban J connectivity index is 1.65. The molecular weight excluding hydrogens is 388 g/mol. The second kappa shape index (κ2) is 8.19. The van der Waals surface area contributed by atoms with Gasteiger partial charge in [-0.3, -0.25) is 19.5 Å². The molecule has 2 heterocycles. The molecule has 1 aliphatic heterocycles. The third-order valence-corrected chi connectivity index (χ3v) is 5.44. The molecule has 148 valence electrons. The lowest BCUT2D eigenvalue weighted by molar-refractivity contribution is -0.123. The van der Waals surface area contributed by atoms with Gasteiger partial charge in [0.1, 0.15) is 0 Å². The van der Waals surface area contributed by atoms with Crippen LogP contribution in [0.2, 0.25) is 5.02 Å². The molecule has 7 heteroatoms. The molecule has 0 radical (unpaired) electrons. The Kier molecular flexibility index (Phi) is 5.47. The van der Waals surface area contributed by atoms with Gasteiger partial charge in [-0.05, 0) is 23.3 Å². The van der Waals surface area contributed by atoms with Gasteiger partial charge in [-0.25, -0.2) is 0 Å². The van der Waals surface area contributed by atoms with Crippen molar-refractivity contribution in [2.45, 2.75) is 12.5 Å². The van der Waals surface area contributed by atoms with Crippen molar-refractivity contribution in [3.05, 3.63) is 71.0 Å². The van der Waals surface area contributed by atoms with Gasteiger partial charge in [-0.2, -0.15) is 0 Å². The minimum absolute atomic E-state index is 0.0835. The number of nitrogens with zero attached hydrogens (tertiary/aromatic N) is 2. The Hall–Kier alpha value is -2.96. The van der Waals surface area contributed by atoms with Crippen LogP contribution >= 0.6 is 11.6 Å². The summed E-state index contributed by atoms with van der Waals surface area (Å²) in [5.74, 6) is -0.672. The number of aromatic nitrogens is 1. The number of hydrogen-bond donors (Lipinski definition) is 2. The molecule has 0 aliphatic carbocycles. The Morgan fingerprint density at radius 2 is 2.03 bits per heavy atom. The Morgan fingerprint density at radius 1 is 1.21 bits per heavy atom. The van der Waals surface area contributed by atoms with E-state index in [1.807, 2.05) is 47.4 Å². The maximum Gasteiger partial charge on any atom is 0.233 e. The first-order valence-electron chi connectivity index (χ1n) is 9.40. The maximum atomic E-state index is 13.3. The summed E-state index contributed by atoms with van der Waals surface area (Å²) in [5.41, 5.74) is 2.57. The highest BCUT2D eigenvalue weighted by Crippen LogP contribution is 2.32. The number of fused-ring (bicyclic) bond motifs is 2. The van der Waals surface area contributed by atoms with E-state index >= 15 is 0 Å². The normalized spacial score (nSPS) is 16.3. The number of rotatable bonds is 4. The number of amides is 2. The molecule has 0 bridgehead atoms. The van der Waals surface area contributed by atoms with E-state index in [4.69, 9.17) is 11.6 Å². The minimum Gasteiger partial charge on any atom is -0.358 e. The molecule has 0 fully saturated rings. The standard InChI is InChI=1S/C22H21ClN4O2/c1-24-21(28)13-27-11-15-6-7-16(23)8-18(15)19(12-27)22(29)26-20-10-25-9-14-4-2-3-5-17(14)20/h2-10,19H,11-13H2,1H3,(H,24,28)(H,26,29)/t19-/m0/s1. The number of benzene rings is 2. The Bertz CT molecular complexity index is 1080. The van der Waals surface area contributed by atoms with Crippen LogP contribution in [0.5, 0.6) is 0 Å². The number of nitrogens with one attached hydrogen (secondary N) is 2. The summed E-state index contributed by atoms with van der Waals surface area (Å²) in [6.45, 7) is 1.27. The van der Waals surface area contributed by atoms with Gasteiger partial charge in [0.2, 0.25) is 11.8 Å². The van der Waals surface area contributed by atoms with Crippen LogP contribution in [0, 0.1) is 0 Å². The van der Waals surface area contributed by atoms with Crippen LogP contribution in [0.4, 0.5) is 5.69 Å². The first kappa shape index (κ1) is 19.4. The van der Waals surface area contributed by atoms with Crippen molar-refractivity contribution >= 4 is 39.9 Å². The van der Waals surface area contributed by atoms with E-state index in [0.29, 0.717) is 23.8 Å². The summed E-state index contributed by atoms with van der Waals surface area (Å²) >= 11 is 6.21. The van der Waals surface area contributed by atoms with Gasteiger partial charge in [-0.1, -0.05) is 41.9 Å². The number of carbonyl (C=O) groups is 2. The largest absolute Gasteiger partial charge is 0.358 e. The number of hydrogen-bond acceptors (Lipinski definition) is 4. The van der Waals surface area contributed by atoms with Crippen molar-refractivity contribution in [3.8, 4) is 0 Å². The summed E-state index contributed by atoms with van der Waals surface area (Å²) in [7, 11) is 1.61. The average Bonchev–Trinajstić information content (AvgIpc) is 2.73. The van der Waals surface area contributed by atoms with E-state index in [0.717, 1.165) is 21.9 Å². The van der Waals surface area contributed by atoms with E-state index in [2.05, 4.69) is 15.6 Å². The molecule has 1 atom stereocenters. The predicted molar refractivity (Wildman–Crippen MR) is 114 cm³/mol. The zero-order chi connectivity index (χ0) is 20.4. The number of anilines is 1. The summed E-state index contributed by atoms with van der Waals surface area (Å²) in [4.78, 5) is 31.4. The number of likely N-dealkylation sites (N-methyl/N-ethyl adjacent to an activating group) is 1. The molecule has 0 saturated carbocycles. The van der Waals surface area contributed by atoms with Crippen LogP contribution in [-0.2, 0) is 16.1 Å². The van der Waals surface area contributed by atoms with Crippen molar-refractivity contribution in [1.29, 1.82) is 0 Å². The fourth-order valence-electron chi connectivity index (χ4n) is 3.76. The summed E-state index contributed by atoms with van der Waals surface area (Å²) in [6, 6.07) is 13.4. The first-order chi connectivity index (χ1) is 14.0. The fraction of sp³-hybridized carbons (Fsp3) is 0.227. The molecule has 3 aromatic rings. The zero-order valence-electron chi connectivity index (χ0n) is 16.0. The van der Waals surface area contributed by atoms with Crippen LogP contribution < -0.4 is 10.6 Å². The van der Waals surface area contributed by atoms with Crippen LogP contribution in [-0.4, -0.2) is 41.8 Å². The zero-order valence-corrected chi connectivity index (χ0v) is 16.7. The molecule has 2 amide bonds. The first-order valence-corrected chi connectivity index (χ1v) is 9.78. The predicted octanol–water partition coefficient (Wildman–Crippen LogP) is 3.17. The fourth-order valence-corrected chi connectivity index (χ4v) is 3.94. The van der Waals surface area contributed by atoms with Gasteiger partial charge in [0, 0.05) is 42.1 Å². The Labute approximate surface area is 173 Å². The van der Waals surface area contributed by atoms with Gasteiger partial charge in [0.05, 0.1) is 24.3 Å². The van der Waals surface area contributed by atoms with Gasteiger partial charge >= 0.3 is 0 Å². The average molecular weight is 409 g/mol. The molecule has 0 saturated heterocycles. The molecule has 4 rings (SSSR count). The van der Waals surface area contributed by atoms with Crippen LogP contribution in [0.1, 0.15) is 17.0 Å². The minimum atomic E-state index is -0.443. The van der Waals surface area contributed by atoms with Gasteiger partial charge < -0.3 is 10.6 Å². The Morgan fingerprint density at radius 3 is 2.86 bits per heavy atom. The molecule has 1 aromatic heterocycles. The monoisotopic (exact) mass is 408 g/mol. The van der Waals surface area contributed by atoms with E-state index in [9.17, 15) is 9.59 Å². The van der Waals surface area contributed by atoms with Gasteiger partial charge in [0.25, 0.3) is 0 Å². The van der Waals surface area contributed by atoms with Gasteiger partial charge in [-0.15, -0.1) is 0 Å². The SMILES string of the molecule is CNC(=O)CN1Cc2ccc(Cl)cc2[C@@H](C(=O)Nc2cncc3ccccc23)C1. The molecule has 2 aromatic carbocycles. The third-order valence-electron chi connectivity index (χ3n) is 5.21. The van der Waals surface area contributed by atoms with E-state index in [1.165, 1.54) is 0 Å². The van der Waals surface area contributed by atoms with Gasteiger partial charge in [0.15, 0.2) is 0 Å². The molecular formula is C22H21ClN4O2. The van der Waals surface area contributed by atoms with Crippen LogP contribution in [0.3, 0.4) is 0 Å². The third kappa shape index (κ3) is 4.09. The topological polar surface area (TPSA) is 74.3 Å². The lowest BCUT2D eigenvalue weighted by atomic mass is 9.89. The number of carbonyl (C=O) groups excluding carboxylic acids is 2. The second-order valence-electron chi connectivity index (χ2n) is 7.14. The van der Waals surface area contributed by atoms with E-state index in [-0.39, 0.29) is 18.4 Å². The van der Waals surface area contributed by atoms with Crippen molar-refractivity contribution in [2.24, 2.45) is 0 Å². The number of pyridine rings is 1. The highest BCUT2D eigenvalue weighted by molar-refractivity contribution is 6.30. The highest BCUT2D eigenvalue weighted by atomic mass is 35.5. The summed E-state index contributed by atoms with van der Waals surface area (Å²) in [5, 5.41) is 8.15. The van der Waals surface area contributed by atoms with Crippen molar-refractivity contribution < 1.29 is 9.59 Å². The van der Waals surface area contributed by atoms with Crippen molar-refractivity contribution in [1.82, 2.24) is 15.2 Å². The van der Waals surface area contributed by atoms with Crippen LogP contribution in [0.15, 0.2) is 54.9 Å². The van der Waals surface area contributed by atoms with E-state index < -0.39 is 5.92 Å². The molecule has 1 aliphatic rings. The molecule has 2 N–H and O–H groups in total. The molecule has 29 heavy (non-hydrogen) atoms. The maximum absolute atomic E-state index is 13.3. The summed E-state index contributed by atoms with van der Waals surface area (Å²) < 4.78 is 0. The number of halogens is 1. The molecule has 0 spiro atoms. The van der Waals surface area contributed by atoms with E-state index in [1.54, 1.807) is 19.4 Å². The highest BCUT2D eigenvalue weighted by Gasteiger charge is 2.31. The lowest BCUT2D eigenvalue weighted by Crippen LogP contribution is -2.43. The second-order valence-corrected chi connectivity index (χ2v) is 7.57. The molecule has 0 unspecified atom stereocenters. The van der Waals surface area contributed by atoms with Crippen molar-refractivity contribution in [3.63, 3.8) is 0 Å². The quantitative estimate of drug-likeness (QED) is 0.695. The summed E-state index contributed by atoms with van der Waals surface area (Å²) in [6.07, 6.45) is 3.43. The lowest BCUT2D eigenvalue weighted by Gasteiger charge is -2.33. The van der Waals surface area contributed by atoms with Crippen LogP contribution in [0.25, 0.3) is 10.8 Å².